The van der Waals surface area contributed by atoms with Gasteiger partial charge in [0.2, 0.25) is 0 Å². The van der Waals surface area contributed by atoms with Crippen LogP contribution in [0, 0.1) is 0 Å². The summed E-state index contributed by atoms with van der Waals surface area (Å²) in [5.41, 5.74) is 2.39. The van der Waals surface area contributed by atoms with Gasteiger partial charge < -0.3 is 4.74 Å². The number of aryl methyl sites for hydroxylation is 1. The molecular formula is C21H29NO2. The molecular weight excluding hydrogens is 298 g/mol. The Morgan fingerprint density at radius 3 is 2.83 bits per heavy atom. The average Bonchev–Trinajstić information content (AvgIpc) is 2.66. The molecule has 2 rings (SSSR count). The zero-order chi connectivity index (χ0) is 17.6. The minimum atomic E-state index is -0.385. The van der Waals surface area contributed by atoms with Gasteiger partial charge in [-0.1, -0.05) is 31.4 Å². The van der Waals surface area contributed by atoms with Crippen molar-refractivity contribution in [1.82, 2.24) is 4.98 Å². The molecule has 0 saturated carbocycles. The van der Waals surface area contributed by atoms with Gasteiger partial charge in [0.1, 0.15) is 11.4 Å². The summed E-state index contributed by atoms with van der Waals surface area (Å²) in [5.74, 6) is 0.601. The molecule has 0 amide bonds. The van der Waals surface area contributed by atoms with Crippen molar-refractivity contribution in [2.45, 2.75) is 71.8 Å². The lowest BCUT2D eigenvalue weighted by Gasteiger charge is -2.30. The highest BCUT2D eigenvalue weighted by Gasteiger charge is 2.27. The fraction of sp³-hybridized carbons (Fsp3) is 0.524. The molecule has 130 valence electrons. The van der Waals surface area contributed by atoms with Gasteiger partial charge in [0.05, 0.1) is 11.8 Å². The normalized spacial score (nSPS) is 18.7. The summed E-state index contributed by atoms with van der Waals surface area (Å²) in [6, 6.07) is 1.66. The van der Waals surface area contributed by atoms with Crippen LogP contribution in [0.4, 0.5) is 0 Å². The van der Waals surface area contributed by atoms with Crippen LogP contribution < -0.4 is 10.2 Å². The van der Waals surface area contributed by atoms with E-state index in [-0.39, 0.29) is 11.0 Å². The zero-order valence-electron chi connectivity index (χ0n) is 15.4. The number of hydrogen-bond donors (Lipinski definition) is 0. The molecule has 0 N–H and O–H groups in total. The van der Waals surface area contributed by atoms with Crippen LogP contribution >= 0.6 is 0 Å². The van der Waals surface area contributed by atoms with E-state index in [4.69, 9.17) is 4.74 Å². The Morgan fingerprint density at radius 1 is 1.33 bits per heavy atom. The van der Waals surface area contributed by atoms with E-state index in [9.17, 15) is 4.79 Å². The number of nitrogens with zero attached hydrogens (tertiary/aromatic N) is 1. The third-order valence-corrected chi connectivity index (χ3v) is 4.35. The molecule has 1 aliphatic heterocycles. The van der Waals surface area contributed by atoms with E-state index >= 15 is 0 Å². The van der Waals surface area contributed by atoms with Crippen LogP contribution in [-0.4, -0.2) is 10.6 Å². The summed E-state index contributed by atoms with van der Waals surface area (Å²) in [4.78, 5) is 16.9. The fourth-order valence-corrected chi connectivity index (χ4v) is 2.86. The predicted octanol–water partition coefficient (Wildman–Crippen LogP) is 5.09. The minimum absolute atomic E-state index is 0.00315. The molecule has 0 bridgehead atoms. The van der Waals surface area contributed by atoms with E-state index in [1.165, 1.54) is 5.57 Å². The quantitative estimate of drug-likeness (QED) is 0.517. The van der Waals surface area contributed by atoms with E-state index in [0.29, 0.717) is 11.3 Å². The first-order valence-corrected chi connectivity index (χ1v) is 8.98. The van der Waals surface area contributed by atoms with Crippen molar-refractivity contribution >= 4 is 6.08 Å². The van der Waals surface area contributed by atoms with Crippen LogP contribution in [0.15, 0.2) is 34.8 Å². The monoisotopic (exact) mass is 327 g/mol. The maximum absolute atomic E-state index is 12.5. The molecule has 1 aromatic rings. The van der Waals surface area contributed by atoms with Crippen LogP contribution in [-0.2, 0) is 6.42 Å². The molecule has 24 heavy (non-hydrogen) atoms. The van der Waals surface area contributed by atoms with Crippen molar-refractivity contribution in [3.05, 3.63) is 51.5 Å². The van der Waals surface area contributed by atoms with E-state index in [2.05, 4.69) is 38.8 Å². The Kier molecular flexibility index (Phi) is 6.36. The van der Waals surface area contributed by atoms with Gasteiger partial charge in [-0.15, -0.1) is 0 Å². The highest BCUT2D eigenvalue weighted by atomic mass is 16.5. The van der Waals surface area contributed by atoms with E-state index in [0.717, 1.165) is 44.2 Å². The highest BCUT2D eigenvalue weighted by molar-refractivity contribution is 5.59. The maximum Gasteiger partial charge on any atom is 0.191 e. The second-order valence-electron chi connectivity index (χ2n) is 7.06. The van der Waals surface area contributed by atoms with Gasteiger partial charge in [0.15, 0.2) is 5.43 Å². The number of ether oxygens (including phenoxy) is 1. The molecule has 0 saturated heterocycles. The number of fused-ring (bicyclic) bond motifs is 1. The Balaban J connectivity index is 2.19. The highest BCUT2D eigenvalue weighted by Crippen LogP contribution is 2.31. The molecule has 0 aromatic carbocycles. The lowest BCUT2D eigenvalue weighted by molar-refractivity contribution is 0.128. The number of hydrogen-bond acceptors (Lipinski definition) is 3. The van der Waals surface area contributed by atoms with Gasteiger partial charge in [0, 0.05) is 11.8 Å². The third kappa shape index (κ3) is 5.05. The first-order chi connectivity index (χ1) is 11.4. The molecule has 0 spiro atoms. The lowest BCUT2D eigenvalue weighted by Crippen LogP contribution is -2.32. The fourth-order valence-electron chi connectivity index (χ4n) is 2.86. The van der Waals surface area contributed by atoms with Gasteiger partial charge >= 0.3 is 0 Å². The van der Waals surface area contributed by atoms with Crippen molar-refractivity contribution in [1.29, 1.82) is 0 Å². The van der Waals surface area contributed by atoms with Crippen LogP contribution in [0.2, 0.25) is 0 Å². The number of allylic oxidation sites excluding steroid dienone is 2. The molecule has 0 fully saturated rings. The molecule has 1 aromatic heterocycles. The van der Waals surface area contributed by atoms with Crippen molar-refractivity contribution in [2.24, 2.45) is 0 Å². The van der Waals surface area contributed by atoms with Gasteiger partial charge in [-0.05, 0) is 58.6 Å². The van der Waals surface area contributed by atoms with Crippen LogP contribution in [0.5, 0.6) is 5.75 Å². The lowest BCUT2D eigenvalue weighted by atomic mass is 9.95. The summed E-state index contributed by atoms with van der Waals surface area (Å²) in [7, 11) is 0. The first kappa shape index (κ1) is 18.4. The standard InChI is InChI=1S/C21H29NO2/c1-5-6-7-10-17-14-19(23)18-11-13-21(4,12-8-9-16(2)3)24-20(18)15-22-17/h9,11,13-15H,5-8,10,12H2,1-4H3. The topological polar surface area (TPSA) is 39.2 Å². The molecule has 1 aliphatic rings. The van der Waals surface area contributed by atoms with Crippen molar-refractivity contribution < 1.29 is 4.74 Å². The molecule has 3 nitrogen and oxygen atoms in total. The van der Waals surface area contributed by atoms with E-state index in [1.807, 2.05) is 12.2 Å². The summed E-state index contributed by atoms with van der Waals surface area (Å²) in [6.45, 7) is 8.43. The second kappa shape index (κ2) is 8.27. The van der Waals surface area contributed by atoms with Gasteiger partial charge in [0.25, 0.3) is 0 Å². The van der Waals surface area contributed by atoms with Gasteiger partial charge in [-0.3, -0.25) is 9.78 Å². The molecule has 0 radical (unpaired) electrons. The molecule has 1 unspecified atom stereocenters. The van der Waals surface area contributed by atoms with Crippen LogP contribution in [0.25, 0.3) is 6.08 Å². The van der Waals surface area contributed by atoms with Crippen molar-refractivity contribution in [3.63, 3.8) is 0 Å². The summed E-state index contributed by atoms with van der Waals surface area (Å²) in [5, 5.41) is 0. The van der Waals surface area contributed by atoms with Crippen molar-refractivity contribution in [3.8, 4) is 5.75 Å². The van der Waals surface area contributed by atoms with Gasteiger partial charge in [-0.25, -0.2) is 0 Å². The molecule has 0 aliphatic carbocycles. The smallest absolute Gasteiger partial charge is 0.191 e. The first-order valence-electron chi connectivity index (χ1n) is 8.98. The maximum atomic E-state index is 12.5. The number of rotatable bonds is 7. The molecule has 1 atom stereocenters. The number of aromatic nitrogens is 1. The largest absolute Gasteiger partial charge is 0.481 e. The SMILES string of the molecule is CCCCCc1cc(=O)c2c(cn1)OC(C)(CCC=C(C)C)C=C2. The van der Waals surface area contributed by atoms with Gasteiger partial charge in [-0.2, -0.15) is 0 Å². The number of unbranched alkanes of at least 4 members (excludes halogenated alkanes) is 2. The zero-order valence-corrected chi connectivity index (χ0v) is 15.4. The average molecular weight is 327 g/mol. The van der Waals surface area contributed by atoms with Crippen LogP contribution in [0.3, 0.4) is 0 Å². The Labute approximate surface area is 145 Å². The summed E-state index contributed by atoms with van der Waals surface area (Å²) < 4.78 is 6.14. The Morgan fingerprint density at radius 2 is 2.12 bits per heavy atom. The Bertz CT molecular complexity index is 687. The van der Waals surface area contributed by atoms with E-state index < -0.39 is 0 Å². The van der Waals surface area contributed by atoms with E-state index in [1.54, 1.807) is 12.3 Å². The predicted molar refractivity (Wildman–Crippen MR) is 100 cm³/mol. The summed E-state index contributed by atoms with van der Waals surface area (Å²) >= 11 is 0. The second-order valence-corrected chi connectivity index (χ2v) is 7.06. The van der Waals surface area contributed by atoms with Crippen LogP contribution in [0.1, 0.15) is 71.1 Å². The minimum Gasteiger partial charge on any atom is -0.481 e. The Hall–Kier alpha value is -1.90. The third-order valence-electron chi connectivity index (χ3n) is 4.35. The molecule has 3 heteroatoms. The summed E-state index contributed by atoms with van der Waals surface area (Å²) in [6.07, 6.45) is 13.9. The van der Waals surface area contributed by atoms with Crippen molar-refractivity contribution in [2.75, 3.05) is 0 Å². The molecule has 2 heterocycles.